The maximum absolute atomic E-state index is 15.1. The minimum atomic E-state index is -1.07. The Morgan fingerprint density at radius 1 is 1.12 bits per heavy atom. The number of carbonyl (C=O) groups is 1. The average molecular weight is 437 g/mol. The number of nitrogens with two attached hydrogens (primary N) is 1. The van der Waals surface area contributed by atoms with Crippen molar-refractivity contribution in [1.82, 2.24) is 9.80 Å². The molecule has 2 aliphatic rings. The molecule has 2 aliphatic heterocycles. The molecule has 2 N–H and O–H groups in total. The van der Waals surface area contributed by atoms with Crippen molar-refractivity contribution in [1.29, 1.82) is 0 Å². The van der Waals surface area contributed by atoms with Gasteiger partial charge >= 0.3 is 0 Å². The molecule has 1 fully saturated rings. The standard InChI is InChI=1S/C26H33FN4O/c1-25(2)23(32)30(4)24(28)29-26(25,3)21-15-19(10-11-22(21)27)14-20-12-13-31(17-20)16-18-8-6-5-7-9-18/h5-11,15,20H,12-14,16-17H2,1-4H3,(H2,28,29)/t20?,26-/m1/s1. The smallest absolute Gasteiger partial charge is 0.237 e. The van der Waals surface area contributed by atoms with Gasteiger partial charge in [0.1, 0.15) is 11.4 Å². The number of likely N-dealkylation sites (tertiary alicyclic amines) is 1. The number of nitrogens with zero attached hydrogens (tertiary/aromatic N) is 3. The zero-order chi connectivity index (χ0) is 23.1. The summed E-state index contributed by atoms with van der Waals surface area (Å²) in [6.45, 7) is 8.49. The van der Waals surface area contributed by atoms with E-state index in [-0.39, 0.29) is 17.7 Å². The summed E-state index contributed by atoms with van der Waals surface area (Å²) in [7, 11) is 1.61. The van der Waals surface area contributed by atoms with Crippen LogP contribution in [0, 0.1) is 17.2 Å². The summed E-state index contributed by atoms with van der Waals surface area (Å²) in [6.07, 6.45) is 2.00. The predicted octanol–water partition coefficient (Wildman–Crippen LogP) is 3.92. The van der Waals surface area contributed by atoms with Crippen molar-refractivity contribution in [2.75, 3.05) is 20.1 Å². The van der Waals surface area contributed by atoms with Crippen molar-refractivity contribution in [2.45, 2.75) is 45.7 Å². The molecule has 2 aromatic carbocycles. The van der Waals surface area contributed by atoms with Crippen molar-refractivity contribution in [3.05, 3.63) is 71.0 Å². The summed E-state index contributed by atoms with van der Waals surface area (Å²) in [5, 5.41) is 0. The third kappa shape index (κ3) is 3.92. The highest BCUT2D eigenvalue weighted by atomic mass is 19.1. The van der Waals surface area contributed by atoms with Gasteiger partial charge in [-0.2, -0.15) is 0 Å². The summed E-state index contributed by atoms with van der Waals surface area (Å²) in [4.78, 5) is 21.4. The van der Waals surface area contributed by atoms with Crippen LogP contribution in [-0.2, 0) is 23.3 Å². The van der Waals surface area contributed by atoms with Crippen LogP contribution in [0.2, 0.25) is 0 Å². The highest BCUT2D eigenvalue weighted by Crippen LogP contribution is 2.47. The number of benzene rings is 2. The molecule has 2 atom stereocenters. The zero-order valence-corrected chi connectivity index (χ0v) is 19.4. The quantitative estimate of drug-likeness (QED) is 0.773. The molecule has 170 valence electrons. The number of hydrogen-bond donors (Lipinski definition) is 1. The minimum absolute atomic E-state index is 0.119. The van der Waals surface area contributed by atoms with E-state index in [4.69, 9.17) is 5.73 Å². The lowest BCUT2D eigenvalue weighted by atomic mass is 9.67. The number of carbonyl (C=O) groups excluding carboxylic acids is 1. The van der Waals surface area contributed by atoms with Gasteiger partial charge < -0.3 is 5.73 Å². The van der Waals surface area contributed by atoms with Crippen molar-refractivity contribution >= 4 is 11.9 Å². The van der Waals surface area contributed by atoms with E-state index >= 15 is 4.39 Å². The minimum Gasteiger partial charge on any atom is -0.369 e. The Hall–Kier alpha value is -2.73. The summed E-state index contributed by atoms with van der Waals surface area (Å²) in [5.74, 6) is 0.125. The molecule has 0 spiro atoms. The Kier molecular flexibility index (Phi) is 5.84. The lowest BCUT2D eigenvalue weighted by Gasteiger charge is -2.46. The largest absolute Gasteiger partial charge is 0.369 e. The van der Waals surface area contributed by atoms with Gasteiger partial charge in [-0.05, 0) is 63.3 Å². The first-order chi connectivity index (χ1) is 15.1. The van der Waals surface area contributed by atoms with Gasteiger partial charge in [-0.25, -0.2) is 9.38 Å². The monoisotopic (exact) mass is 436 g/mol. The second-order valence-corrected chi connectivity index (χ2v) is 9.93. The molecule has 0 radical (unpaired) electrons. The third-order valence-electron chi connectivity index (χ3n) is 7.44. The van der Waals surface area contributed by atoms with E-state index in [1.165, 1.54) is 16.5 Å². The fourth-order valence-corrected chi connectivity index (χ4v) is 5.04. The molecule has 1 unspecified atom stereocenters. The Labute approximate surface area is 190 Å². The summed E-state index contributed by atoms with van der Waals surface area (Å²) >= 11 is 0. The molecule has 0 aromatic heterocycles. The van der Waals surface area contributed by atoms with Gasteiger partial charge in [-0.1, -0.05) is 42.5 Å². The molecule has 1 saturated heterocycles. The van der Waals surface area contributed by atoms with Gasteiger partial charge in [0.05, 0.1) is 5.41 Å². The van der Waals surface area contributed by atoms with Crippen LogP contribution in [0.5, 0.6) is 0 Å². The number of halogens is 1. The van der Waals surface area contributed by atoms with E-state index < -0.39 is 11.0 Å². The molecule has 0 saturated carbocycles. The van der Waals surface area contributed by atoms with Crippen molar-refractivity contribution in [2.24, 2.45) is 22.1 Å². The van der Waals surface area contributed by atoms with Crippen molar-refractivity contribution in [3.63, 3.8) is 0 Å². The molecule has 4 rings (SSSR count). The summed E-state index contributed by atoms with van der Waals surface area (Å²) in [5.41, 5.74) is 6.86. The van der Waals surface area contributed by atoms with Gasteiger partial charge in [0.25, 0.3) is 0 Å². The van der Waals surface area contributed by atoms with Crippen molar-refractivity contribution < 1.29 is 9.18 Å². The Bertz CT molecular complexity index is 1040. The van der Waals surface area contributed by atoms with Crippen LogP contribution in [0.4, 0.5) is 4.39 Å². The maximum atomic E-state index is 15.1. The molecule has 5 nitrogen and oxygen atoms in total. The summed E-state index contributed by atoms with van der Waals surface area (Å²) in [6, 6.07) is 15.8. The Balaban J connectivity index is 1.54. The highest BCUT2D eigenvalue weighted by molar-refractivity contribution is 6.01. The van der Waals surface area contributed by atoms with Gasteiger partial charge in [0.15, 0.2) is 5.96 Å². The van der Waals surface area contributed by atoms with Gasteiger partial charge in [-0.15, -0.1) is 0 Å². The van der Waals surface area contributed by atoms with Crippen LogP contribution in [0.3, 0.4) is 0 Å². The number of aliphatic imine (C=N–C) groups is 1. The van der Waals surface area contributed by atoms with Gasteiger partial charge in [0.2, 0.25) is 5.91 Å². The van der Waals surface area contributed by atoms with Crippen LogP contribution >= 0.6 is 0 Å². The first kappa shape index (κ1) is 22.5. The number of rotatable bonds is 5. The molecule has 2 aromatic rings. The molecular weight excluding hydrogens is 403 g/mol. The van der Waals surface area contributed by atoms with E-state index in [0.717, 1.165) is 38.0 Å². The first-order valence-electron chi connectivity index (χ1n) is 11.3. The predicted molar refractivity (Wildman–Crippen MR) is 125 cm³/mol. The van der Waals surface area contributed by atoms with Crippen LogP contribution in [-0.4, -0.2) is 41.8 Å². The topological polar surface area (TPSA) is 61.9 Å². The molecule has 32 heavy (non-hydrogen) atoms. The van der Waals surface area contributed by atoms with E-state index in [0.29, 0.717) is 11.5 Å². The molecule has 6 heteroatoms. The lowest BCUT2D eigenvalue weighted by molar-refractivity contribution is -0.140. The molecule has 1 amide bonds. The maximum Gasteiger partial charge on any atom is 0.237 e. The number of amides is 1. The lowest BCUT2D eigenvalue weighted by Crippen LogP contribution is -2.58. The van der Waals surface area contributed by atoms with Gasteiger partial charge in [0, 0.05) is 25.7 Å². The molecule has 0 bridgehead atoms. The molecule has 2 heterocycles. The SMILES string of the molecule is CN1C(=O)C(C)(C)[C@@](C)(c2cc(CC3CCN(Cc4ccccc4)C3)ccc2F)N=C1N. The van der Waals surface area contributed by atoms with E-state index in [1.54, 1.807) is 7.05 Å². The Morgan fingerprint density at radius 3 is 2.56 bits per heavy atom. The van der Waals surface area contributed by atoms with E-state index in [1.807, 2.05) is 39.0 Å². The zero-order valence-electron chi connectivity index (χ0n) is 19.4. The normalized spacial score (nSPS) is 25.8. The number of hydrogen-bond acceptors (Lipinski definition) is 4. The van der Waals surface area contributed by atoms with Crippen molar-refractivity contribution in [3.8, 4) is 0 Å². The molecular formula is C26H33FN4O. The van der Waals surface area contributed by atoms with Crippen LogP contribution < -0.4 is 5.73 Å². The highest BCUT2D eigenvalue weighted by Gasteiger charge is 2.53. The second kappa shape index (κ2) is 8.32. The second-order valence-electron chi connectivity index (χ2n) is 9.93. The van der Waals surface area contributed by atoms with E-state index in [2.05, 4.69) is 34.2 Å². The number of guanidine groups is 1. The van der Waals surface area contributed by atoms with Crippen LogP contribution in [0.15, 0.2) is 53.5 Å². The van der Waals surface area contributed by atoms with Crippen LogP contribution in [0.1, 0.15) is 43.9 Å². The van der Waals surface area contributed by atoms with E-state index in [9.17, 15) is 4.79 Å². The molecule has 0 aliphatic carbocycles. The first-order valence-corrected chi connectivity index (χ1v) is 11.3. The average Bonchev–Trinajstić information content (AvgIpc) is 3.20. The third-order valence-corrected chi connectivity index (χ3v) is 7.44. The summed E-state index contributed by atoms with van der Waals surface area (Å²) < 4.78 is 15.1. The fraction of sp³-hybridized carbons (Fsp3) is 0.462. The Morgan fingerprint density at radius 2 is 1.84 bits per heavy atom. The van der Waals surface area contributed by atoms with Gasteiger partial charge in [-0.3, -0.25) is 14.6 Å². The fourth-order valence-electron chi connectivity index (χ4n) is 5.04. The van der Waals surface area contributed by atoms with Crippen LogP contribution in [0.25, 0.3) is 0 Å².